The maximum atomic E-state index is 12.6. The molecule has 0 bridgehead atoms. The fourth-order valence-corrected chi connectivity index (χ4v) is 3.04. The molecule has 0 aromatic carbocycles. The molecule has 148 valence electrons. The highest BCUT2D eigenvalue weighted by atomic mass is 31.2. The normalized spacial score (nSPS) is 16.5. The summed E-state index contributed by atoms with van der Waals surface area (Å²) >= 11 is 0. The maximum Gasteiger partial charge on any atom is 0.470 e. The third kappa shape index (κ3) is 8.81. The first-order valence-electron chi connectivity index (χ1n) is 8.31. The average Bonchev–Trinajstić information content (AvgIpc) is 2.37. The number of phosphoric acid groups is 1. The fraction of sp³-hybridized carbons (Fsp3) is 0.875. The number of ether oxygens (including phenoxy) is 1. The zero-order valence-corrected chi connectivity index (χ0v) is 17.2. The standard InChI is InChI=1S/C16H32NO7P/c1-9(2)12(17-14(18)11(5)24-25(20,21)22)15(19)23-13(10(3)4)16(6,7)8/h9-13H,1-8H3,(H,17,18)(H2,20,21,22). The number of amides is 1. The molecule has 0 rings (SSSR count). The summed E-state index contributed by atoms with van der Waals surface area (Å²) < 4.78 is 20.8. The van der Waals surface area contributed by atoms with Crippen molar-refractivity contribution in [3.8, 4) is 0 Å². The second-order valence-corrected chi connectivity index (χ2v) is 9.13. The van der Waals surface area contributed by atoms with Gasteiger partial charge in [-0.1, -0.05) is 48.5 Å². The van der Waals surface area contributed by atoms with Crippen molar-refractivity contribution < 1.29 is 33.2 Å². The van der Waals surface area contributed by atoms with Gasteiger partial charge in [-0.15, -0.1) is 0 Å². The van der Waals surface area contributed by atoms with Crippen molar-refractivity contribution >= 4 is 19.7 Å². The number of esters is 1. The van der Waals surface area contributed by atoms with Crippen molar-refractivity contribution in [3.63, 3.8) is 0 Å². The number of hydrogen-bond donors (Lipinski definition) is 3. The van der Waals surface area contributed by atoms with Crippen LogP contribution in [-0.2, 0) is 23.4 Å². The van der Waals surface area contributed by atoms with Gasteiger partial charge in [-0.3, -0.25) is 9.32 Å². The van der Waals surface area contributed by atoms with Gasteiger partial charge in [-0.2, -0.15) is 0 Å². The van der Waals surface area contributed by atoms with E-state index in [0.29, 0.717) is 0 Å². The molecule has 0 heterocycles. The Balaban J connectivity index is 5.14. The minimum absolute atomic E-state index is 0.0874. The van der Waals surface area contributed by atoms with E-state index in [2.05, 4.69) is 9.84 Å². The average molecular weight is 381 g/mol. The van der Waals surface area contributed by atoms with E-state index >= 15 is 0 Å². The first-order valence-corrected chi connectivity index (χ1v) is 9.84. The molecule has 9 heteroatoms. The van der Waals surface area contributed by atoms with Crippen LogP contribution < -0.4 is 5.32 Å². The van der Waals surface area contributed by atoms with Gasteiger partial charge in [0.05, 0.1) is 0 Å². The zero-order chi connectivity index (χ0) is 20.2. The molecule has 0 aromatic heterocycles. The van der Waals surface area contributed by atoms with Crippen LogP contribution in [0.3, 0.4) is 0 Å². The van der Waals surface area contributed by atoms with Crippen LogP contribution in [0.4, 0.5) is 0 Å². The van der Waals surface area contributed by atoms with Gasteiger partial charge >= 0.3 is 13.8 Å². The van der Waals surface area contributed by atoms with Crippen LogP contribution in [-0.4, -0.2) is 39.9 Å². The molecule has 3 unspecified atom stereocenters. The predicted octanol–water partition coefficient (Wildman–Crippen LogP) is 2.24. The molecule has 0 saturated heterocycles. The Bertz CT molecular complexity index is 507. The third-order valence-corrected chi connectivity index (χ3v) is 4.18. The van der Waals surface area contributed by atoms with Crippen LogP contribution in [0, 0.1) is 17.3 Å². The monoisotopic (exact) mass is 381 g/mol. The molecule has 0 aromatic rings. The highest BCUT2D eigenvalue weighted by Crippen LogP contribution is 2.37. The van der Waals surface area contributed by atoms with Crippen molar-refractivity contribution in [2.75, 3.05) is 0 Å². The first-order chi connectivity index (χ1) is 11.1. The van der Waals surface area contributed by atoms with Crippen LogP contribution >= 0.6 is 7.82 Å². The van der Waals surface area contributed by atoms with E-state index in [-0.39, 0.29) is 23.4 Å². The Morgan fingerprint density at radius 1 is 1.00 bits per heavy atom. The first kappa shape index (κ1) is 24.1. The summed E-state index contributed by atoms with van der Waals surface area (Å²) in [6.07, 6.45) is -1.75. The summed E-state index contributed by atoms with van der Waals surface area (Å²) in [6, 6.07) is -0.945. The summed E-state index contributed by atoms with van der Waals surface area (Å²) in [5, 5.41) is 2.45. The van der Waals surface area contributed by atoms with E-state index in [1.54, 1.807) is 13.8 Å². The van der Waals surface area contributed by atoms with Crippen molar-refractivity contribution in [3.05, 3.63) is 0 Å². The number of carbonyl (C=O) groups excluding carboxylic acids is 2. The quantitative estimate of drug-likeness (QED) is 0.435. The van der Waals surface area contributed by atoms with Crippen LogP contribution in [0.15, 0.2) is 0 Å². The van der Waals surface area contributed by atoms with Crippen molar-refractivity contribution in [2.24, 2.45) is 17.3 Å². The second-order valence-electron chi connectivity index (χ2n) is 7.94. The largest absolute Gasteiger partial charge is 0.470 e. The molecule has 1 amide bonds. The van der Waals surface area contributed by atoms with Gasteiger partial charge < -0.3 is 19.8 Å². The maximum absolute atomic E-state index is 12.6. The summed E-state index contributed by atoms with van der Waals surface area (Å²) in [4.78, 5) is 42.2. The molecule has 0 aliphatic rings. The van der Waals surface area contributed by atoms with Gasteiger partial charge in [0, 0.05) is 0 Å². The number of phosphoric ester groups is 1. The molecule has 0 aliphatic heterocycles. The molecular formula is C16H32NO7P. The molecule has 0 aliphatic carbocycles. The third-order valence-electron chi connectivity index (χ3n) is 3.59. The predicted molar refractivity (Wildman–Crippen MR) is 93.5 cm³/mol. The summed E-state index contributed by atoms with van der Waals surface area (Å²) in [5.74, 6) is -1.56. The Kier molecular flexibility index (Phi) is 8.78. The highest BCUT2D eigenvalue weighted by molar-refractivity contribution is 7.46. The molecular weight excluding hydrogens is 349 g/mol. The molecule has 25 heavy (non-hydrogen) atoms. The van der Waals surface area contributed by atoms with Gasteiger partial charge in [0.1, 0.15) is 18.2 Å². The topological polar surface area (TPSA) is 122 Å². The van der Waals surface area contributed by atoms with Crippen LogP contribution in [0.2, 0.25) is 0 Å². The lowest BCUT2D eigenvalue weighted by Crippen LogP contribution is -2.50. The van der Waals surface area contributed by atoms with E-state index in [1.807, 2.05) is 34.6 Å². The molecule has 0 saturated carbocycles. The molecule has 0 spiro atoms. The molecule has 3 N–H and O–H groups in total. The van der Waals surface area contributed by atoms with Crippen molar-refractivity contribution in [1.82, 2.24) is 5.32 Å². The summed E-state index contributed by atoms with van der Waals surface area (Å²) in [5.41, 5.74) is -0.272. The Hall–Kier alpha value is -0.950. The van der Waals surface area contributed by atoms with Crippen LogP contribution in [0.5, 0.6) is 0 Å². The Labute approximate surface area is 149 Å². The van der Waals surface area contributed by atoms with Crippen molar-refractivity contribution in [2.45, 2.75) is 73.6 Å². The van der Waals surface area contributed by atoms with E-state index in [4.69, 9.17) is 14.5 Å². The lowest BCUT2D eigenvalue weighted by Gasteiger charge is -2.35. The minimum atomic E-state index is -4.80. The van der Waals surface area contributed by atoms with E-state index in [9.17, 15) is 14.2 Å². The molecule has 8 nitrogen and oxygen atoms in total. The summed E-state index contributed by atoms with van der Waals surface area (Å²) in [7, 11) is -4.80. The zero-order valence-electron chi connectivity index (χ0n) is 16.3. The fourth-order valence-electron chi connectivity index (χ4n) is 2.53. The minimum Gasteiger partial charge on any atom is -0.460 e. The van der Waals surface area contributed by atoms with Gasteiger partial charge in [0.25, 0.3) is 0 Å². The molecule has 3 atom stereocenters. The van der Waals surface area contributed by atoms with Gasteiger partial charge in [-0.05, 0) is 24.2 Å². The number of hydrogen-bond acceptors (Lipinski definition) is 5. The van der Waals surface area contributed by atoms with Gasteiger partial charge in [-0.25, -0.2) is 9.36 Å². The second kappa shape index (κ2) is 9.12. The van der Waals surface area contributed by atoms with E-state index in [0.717, 1.165) is 0 Å². The van der Waals surface area contributed by atoms with E-state index < -0.39 is 31.8 Å². The Morgan fingerprint density at radius 2 is 1.48 bits per heavy atom. The van der Waals surface area contributed by atoms with Gasteiger partial charge in [0.2, 0.25) is 5.91 Å². The SMILES string of the molecule is CC(OP(=O)(O)O)C(=O)NC(C(=O)OC(C(C)C)C(C)(C)C)C(C)C. The van der Waals surface area contributed by atoms with Crippen LogP contribution in [0.1, 0.15) is 55.4 Å². The molecule has 0 radical (unpaired) electrons. The summed E-state index contributed by atoms with van der Waals surface area (Å²) in [6.45, 7) is 14.5. The number of nitrogens with one attached hydrogen (secondary N) is 1. The smallest absolute Gasteiger partial charge is 0.460 e. The van der Waals surface area contributed by atoms with Gasteiger partial charge in [0.15, 0.2) is 0 Å². The number of rotatable bonds is 8. The van der Waals surface area contributed by atoms with E-state index in [1.165, 1.54) is 6.92 Å². The highest BCUT2D eigenvalue weighted by Gasteiger charge is 2.36. The Morgan fingerprint density at radius 3 is 1.80 bits per heavy atom. The lowest BCUT2D eigenvalue weighted by atomic mass is 9.82. The van der Waals surface area contributed by atoms with Crippen LogP contribution in [0.25, 0.3) is 0 Å². The van der Waals surface area contributed by atoms with Crippen molar-refractivity contribution in [1.29, 1.82) is 0 Å². The molecule has 0 fully saturated rings. The lowest BCUT2D eigenvalue weighted by molar-refractivity contribution is -0.163. The number of carbonyl (C=O) groups is 2.